The first-order valence-corrected chi connectivity index (χ1v) is 16.1. The van der Waals surface area contributed by atoms with Crippen LogP contribution < -0.4 is 0 Å². The molecule has 0 saturated carbocycles. The first-order chi connectivity index (χ1) is 24.2. The van der Waals surface area contributed by atoms with E-state index >= 15 is 0 Å². The van der Waals surface area contributed by atoms with E-state index in [4.69, 9.17) is 0 Å². The second-order valence-electron chi connectivity index (χ2n) is 12.2. The molecule has 2 aromatic carbocycles. The minimum atomic E-state index is -4.58. The Morgan fingerprint density at radius 1 is 0.725 bits per heavy atom. The Balaban J connectivity index is 0.000000198. The van der Waals surface area contributed by atoms with Gasteiger partial charge >= 0.3 is 12.4 Å². The van der Waals surface area contributed by atoms with Crippen molar-refractivity contribution >= 4 is 11.8 Å². The van der Waals surface area contributed by atoms with Gasteiger partial charge in [-0.05, 0) is 48.6 Å². The predicted octanol–water partition coefficient (Wildman–Crippen LogP) is 7.45. The van der Waals surface area contributed by atoms with Crippen LogP contribution in [0, 0.1) is 18.3 Å². The third-order valence-corrected chi connectivity index (χ3v) is 8.60. The van der Waals surface area contributed by atoms with E-state index in [-0.39, 0.29) is 34.3 Å². The summed E-state index contributed by atoms with van der Waals surface area (Å²) < 4.78 is 77.8. The summed E-state index contributed by atoms with van der Waals surface area (Å²) in [5.41, 5.74) is 1.51. The second kappa shape index (κ2) is 15.3. The fraction of sp³-hybridized carbons (Fsp3) is 0.324. The topological polar surface area (TPSA) is 110 Å². The summed E-state index contributed by atoms with van der Waals surface area (Å²) in [5, 5.41) is 18.7. The van der Waals surface area contributed by atoms with E-state index < -0.39 is 30.3 Å². The fourth-order valence-electron chi connectivity index (χ4n) is 5.91. The summed E-state index contributed by atoms with van der Waals surface area (Å²) in [6.07, 6.45) is -6.31. The van der Waals surface area contributed by atoms with Crippen molar-refractivity contribution in [2.75, 3.05) is 13.1 Å². The van der Waals surface area contributed by atoms with Gasteiger partial charge in [-0.1, -0.05) is 54.6 Å². The van der Waals surface area contributed by atoms with Crippen molar-refractivity contribution in [1.82, 2.24) is 19.8 Å². The first kappa shape index (κ1) is 37.0. The van der Waals surface area contributed by atoms with Gasteiger partial charge in [-0.25, -0.2) is 9.97 Å². The second-order valence-corrected chi connectivity index (χ2v) is 12.2. The van der Waals surface area contributed by atoms with Gasteiger partial charge in [0.15, 0.2) is 0 Å². The number of alkyl halides is 6. The van der Waals surface area contributed by atoms with Crippen molar-refractivity contribution in [3.8, 4) is 28.6 Å². The molecule has 2 aliphatic heterocycles. The molecule has 14 heteroatoms. The molecule has 4 heterocycles. The third kappa shape index (κ3) is 8.90. The average Bonchev–Trinajstić information content (AvgIpc) is 3.70. The van der Waals surface area contributed by atoms with Gasteiger partial charge in [0, 0.05) is 55.7 Å². The molecule has 0 atom stereocenters. The molecule has 266 valence electrons. The smallest absolute Gasteiger partial charge is 0.392 e. The molecule has 0 bridgehead atoms. The SMILES string of the molecule is Cc1cc(C(F)(F)F)nc(-c2ccc(CN3CCCC3=O)cc2)c1C#N.O=C1CCCN1Cc1ccc(-c2nc(C(F)(F)F)ccc2CO)cc1. The van der Waals surface area contributed by atoms with Crippen LogP contribution in [0.2, 0.25) is 0 Å². The maximum atomic E-state index is 13.0. The molecule has 6 rings (SSSR count). The van der Waals surface area contributed by atoms with Crippen molar-refractivity contribution in [1.29, 1.82) is 5.26 Å². The Bertz CT molecular complexity index is 1940. The van der Waals surface area contributed by atoms with Crippen molar-refractivity contribution in [2.24, 2.45) is 0 Å². The molecule has 2 amide bonds. The zero-order valence-electron chi connectivity index (χ0n) is 27.5. The summed E-state index contributed by atoms with van der Waals surface area (Å²) in [6, 6.07) is 18.6. The summed E-state index contributed by atoms with van der Waals surface area (Å²) in [6.45, 7) is 3.47. The Kier molecular flexibility index (Phi) is 11.1. The van der Waals surface area contributed by atoms with E-state index in [1.165, 1.54) is 13.0 Å². The van der Waals surface area contributed by atoms with Crippen LogP contribution in [-0.2, 0) is 41.6 Å². The zero-order chi connectivity index (χ0) is 36.9. The van der Waals surface area contributed by atoms with Crippen LogP contribution in [0.15, 0.2) is 66.7 Å². The van der Waals surface area contributed by atoms with Gasteiger partial charge in [-0.3, -0.25) is 9.59 Å². The fourth-order valence-corrected chi connectivity index (χ4v) is 5.91. The van der Waals surface area contributed by atoms with E-state index in [2.05, 4.69) is 9.97 Å². The molecule has 2 fully saturated rings. The van der Waals surface area contributed by atoms with Crippen LogP contribution in [0.25, 0.3) is 22.5 Å². The Morgan fingerprint density at radius 3 is 1.61 bits per heavy atom. The Labute approximate surface area is 290 Å². The largest absolute Gasteiger partial charge is 0.433 e. The molecule has 2 aromatic heterocycles. The van der Waals surface area contributed by atoms with Gasteiger partial charge in [0.05, 0.1) is 23.6 Å². The van der Waals surface area contributed by atoms with Crippen molar-refractivity contribution in [2.45, 2.75) is 64.7 Å². The highest BCUT2D eigenvalue weighted by Crippen LogP contribution is 2.34. The number of pyridine rings is 2. The number of hydrogen-bond acceptors (Lipinski definition) is 6. The first-order valence-electron chi connectivity index (χ1n) is 16.1. The lowest BCUT2D eigenvalue weighted by atomic mass is 10.0. The standard InChI is InChI=1S/C19H16F3N3O.C18H17F3N2O2/c1-12-9-16(19(20,21)22)24-18(15(12)10-23)14-6-4-13(5-7-14)11-25-8-2-3-17(25)26;19-18(20,21)15-8-7-14(11-24)17(22-15)13-5-3-12(4-6-13)10-23-9-1-2-16(23)25/h4-7,9H,2-3,8,11H2,1H3;3-8,24H,1-2,9-11H2. The van der Waals surface area contributed by atoms with Gasteiger partial charge in [-0.2, -0.15) is 31.6 Å². The number of nitriles is 1. The quantitative estimate of drug-likeness (QED) is 0.200. The van der Waals surface area contributed by atoms with Gasteiger partial charge in [0.1, 0.15) is 17.5 Å². The highest BCUT2D eigenvalue weighted by molar-refractivity contribution is 5.78. The minimum Gasteiger partial charge on any atom is -0.392 e. The van der Waals surface area contributed by atoms with Crippen molar-refractivity contribution < 1.29 is 41.0 Å². The maximum absolute atomic E-state index is 13.0. The molecular formula is C37H33F6N5O3. The summed E-state index contributed by atoms with van der Waals surface area (Å²) in [5.74, 6) is 0.224. The third-order valence-electron chi connectivity index (χ3n) is 8.60. The molecule has 8 nitrogen and oxygen atoms in total. The normalized spacial score (nSPS) is 14.8. The summed E-state index contributed by atoms with van der Waals surface area (Å²) in [4.78, 5) is 34.2. The molecule has 4 aromatic rings. The monoisotopic (exact) mass is 709 g/mol. The number of aliphatic hydroxyl groups excluding tert-OH is 1. The van der Waals surface area contributed by atoms with E-state index in [0.29, 0.717) is 49.2 Å². The number of rotatable bonds is 7. The number of benzene rings is 2. The lowest BCUT2D eigenvalue weighted by molar-refractivity contribution is -0.141. The van der Waals surface area contributed by atoms with Crippen LogP contribution in [0.4, 0.5) is 26.3 Å². The molecule has 51 heavy (non-hydrogen) atoms. The van der Waals surface area contributed by atoms with Gasteiger partial charge in [0.2, 0.25) is 11.8 Å². The van der Waals surface area contributed by atoms with Gasteiger partial charge in [0.25, 0.3) is 0 Å². The van der Waals surface area contributed by atoms with Crippen molar-refractivity contribution in [3.63, 3.8) is 0 Å². The number of aliphatic hydroxyl groups is 1. The molecule has 2 saturated heterocycles. The Hall–Kier alpha value is -5.29. The number of carbonyl (C=O) groups excluding carboxylic acids is 2. The number of carbonyl (C=O) groups is 2. The van der Waals surface area contributed by atoms with Crippen LogP contribution in [0.5, 0.6) is 0 Å². The number of likely N-dealkylation sites (tertiary alicyclic amines) is 2. The van der Waals surface area contributed by atoms with Crippen LogP contribution in [0.1, 0.15) is 64.9 Å². The highest BCUT2D eigenvalue weighted by Gasteiger charge is 2.34. The van der Waals surface area contributed by atoms with Gasteiger partial charge < -0.3 is 14.9 Å². The molecule has 0 radical (unpaired) electrons. The minimum absolute atomic E-state index is 0.0172. The number of amides is 2. The molecular weight excluding hydrogens is 676 g/mol. The summed E-state index contributed by atoms with van der Waals surface area (Å²) in [7, 11) is 0. The number of aromatic nitrogens is 2. The number of hydrogen-bond donors (Lipinski definition) is 1. The number of aryl methyl sites for hydroxylation is 1. The maximum Gasteiger partial charge on any atom is 0.433 e. The van der Waals surface area contributed by atoms with Crippen LogP contribution in [-0.4, -0.2) is 49.8 Å². The molecule has 2 aliphatic rings. The lowest BCUT2D eigenvalue weighted by Gasteiger charge is -2.16. The average molecular weight is 710 g/mol. The van der Waals surface area contributed by atoms with E-state index in [1.807, 2.05) is 6.07 Å². The van der Waals surface area contributed by atoms with Crippen LogP contribution in [0.3, 0.4) is 0 Å². The molecule has 0 spiro atoms. The molecule has 0 aliphatic carbocycles. The van der Waals surface area contributed by atoms with E-state index in [0.717, 1.165) is 42.6 Å². The van der Waals surface area contributed by atoms with Crippen LogP contribution >= 0.6 is 0 Å². The van der Waals surface area contributed by atoms with Gasteiger partial charge in [-0.15, -0.1) is 0 Å². The van der Waals surface area contributed by atoms with Crippen molar-refractivity contribution in [3.05, 3.63) is 106 Å². The predicted molar refractivity (Wildman–Crippen MR) is 174 cm³/mol. The van der Waals surface area contributed by atoms with E-state index in [9.17, 15) is 46.3 Å². The Morgan fingerprint density at radius 2 is 1.20 bits per heavy atom. The molecule has 0 unspecified atom stereocenters. The number of halogens is 6. The number of nitrogens with zero attached hydrogens (tertiary/aromatic N) is 5. The highest BCUT2D eigenvalue weighted by atomic mass is 19.4. The van der Waals surface area contributed by atoms with E-state index in [1.54, 1.807) is 58.3 Å². The summed E-state index contributed by atoms with van der Waals surface area (Å²) >= 11 is 0. The lowest BCUT2D eigenvalue weighted by Crippen LogP contribution is -2.23. The zero-order valence-corrected chi connectivity index (χ0v) is 27.5. The molecule has 1 N–H and O–H groups in total.